The third-order valence-corrected chi connectivity index (χ3v) is 7.00. The van der Waals surface area contributed by atoms with Crippen molar-refractivity contribution >= 4 is 34.7 Å². The van der Waals surface area contributed by atoms with E-state index in [2.05, 4.69) is 65.0 Å². The Morgan fingerprint density at radius 2 is 1.65 bits per heavy atom. The van der Waals surface area contributed by atoms with Crippen molar-refractivity contribution in [2.24, 2.45) is 0 Å². The van der Waals surface area contributed by atoms with E-state index < -0.39 is 0 Å². The maximum absolute atomic E-state index is 5.83. The Bertz CT molecular complexity index is 1320. The molecule has 7 heteroatoms. The Kier molecular flexibility index (Phi) is 6.47. The molecule has 1 atom stereocenters. The van der Waals surface area contributed by atoms with Crippen LogP contribution in [0.2, 0.25) is 0 Å². The molecule has 170 valence electrons. The summed E-state index contributed by atoms with van der Waals surface area (Å²) in [7, 11) is 0. The van der Waals surface area contributed by atoms with Crippen molar-refractivity contribution in [3.8, 4) is 11.4 Å². The monoisotopic (exact) mass is 484 g/mol. The number of rotatable bonds is 6. The number of thiocarbonyl (C=S) groups is 1. The second kappa shape index (κ2) is 9.83. The lowest BCUT2D eigenvalue weighted by Crippen LogP contribution is -2.45. The third-order valence-electron chi connectivity index (χ3n) is 5.92. The molecule has 0 saturated carbocycles. The van der Waals surface area contributed by atoms with Crippen LogP contribution in [0.15, 0.2) is 100 Å². The van der Waals surface area contributed by atoms with Gasteiger partial charge < -0.3 is 14.7 Å². The first-order valence-electron chi connectivity index (χ1n) is 11.0. The molecule has 5 nitrogen and oxygen atoms in total. The van der Waals surface area contributed by atoms with Crippen LogP contribution in [0.5, 0.6) is 0 Å². The van der Waals surface area contributed by atoms with Gasteiger partial charge in [-0.15, -0.1) is 11.8 Å². The Balaban J connectivity index is 1.59. The van der Waals surface area contributed by atoms with Crippen LogP contribution in [0.3, 0.4) is 0 Å². The van der Waals surface area contributed by atoms with E-state index in [0.29, 0.717) is 23.4 Å². The molecule has 34 heavy (non-hydrogen) atoms. The second-order valence-corrected chi connectivity index (χ2v) is 9.28. The average Bonchev–Trinajstić information content (AvgIpc) is 3.37. The van der Waals surface area contributed by atoms with Gasteiger partial charge in [0.25, 0.3) is 5.89 Å². The van der Waals surface area contributed by atoms with Gasteiger partial charge in [0.05, 0.1) is 11.6 Å². The fourth-order valence-corrected chi connectivity index (χ4v) is 4.83. The zero-order chi connectivity index (χ0) is 23.5. The molecule has 0 bridgehead atoms. The molecule has 3 aromatic carbocycles. The standard InChI is InChI=1S/C27H24N4OS2/c1-18-23(26-29-25(30-32-26)21-11-7-4-8-12-21)24(20-13-15-22(34-2)16-14-20)28-27(33)31(18)17-19-9-5-3-6-10-19/h3-16,24H,17H2,1-2H3,(H,28,33). The average molecular weight is 485 g/mol. The van der Waals surface area contributed by atoms with E-state index in [-0.39, 0.29) is 6.04 Å². The number of thioether (sulfide) groups is 1. The Morgan fingerprint density at radius 3 is 2.32 bits per heavy atom. The van der Waals surface area contributed by atoms with Crippen LogP contribution in [0.4, 0.5) is 0 Å². The van der Waals surface area contributed by atoms with E-state index in [9.17, 15) is 0 Å². The number of benzene rings is 3. The molecule has 1 aliphatic rings. The van der Waals surface area contributed by atoms with Gasteiger partial charge >= 0.3 is 0 Å². The van der Waals surface area contributed by atoms with Crippen LogP contribution in [0, 0.1) is 0 Å². The zero-order valence-corrected chi connectivity index (χ0v) is 20.6. The van der Waals surface area contributed by atoms with E-state index in [0.717, 1.165) is 22.4 Å². The highest BCUT2D eigenvalue weighted by Gasteiger charge is 2.34. The summed E-state index contributed by atoms with van der Waals surface area (Å²) < 4.78 is 5.83. The van der Waals surface area contributed by atoms with Crippen molar-refractivity contribution in [2.75, 3.05) is 6.26 Å². The molecule has 0 aliphatic carbocycles. The van der Waals surface area contributed by atoms with Gasteiger partial charge in [0.2, 0.25) is 5.82 Å². The summed E-state index contributed by atoms with van der Waals surface area (Å²) in [5.41, 5.74) is 5.10. The van der Waals surface area contributed by atoms with Gasteiger partial charge in [0, 0.05) is 22.7 Å². The van der Waals surface area contributed by atoms with Gasteiger partial charge in [0.15, 0.2) is 5.11 Å². The summed E-state index contributed by atoms with van der Waals surface area (Å²) in [6, 6.07) is 28.5. The summed E-state index contributed by atoms with van der Waals surface area (Å²) in [6.45, 7) is 2.72. The normalized spacial score (nSPS) is 16.0. The number of aromatic nitrogens is 2. The summed E-state index contributed by atoms with van der Waals surface area (Å²) in [4.78, 5) is 8.08. The Labute approximate surface area is 208 Å². The number of hydrogen-bond acceptors (Lipinski definition) is 5. The van der Waals surface area contributed by atoms with E-state index in [1.807, 2.05) is 48.5 Å². The molecule has 0 spiro atoms. The predicted molar refractivity (Wildman–Crippen MR) is 141 cm³/mol. The molecule has 0 fully saturated rings. The first-order chi connectivity index (χ1) is 16.6. The van der Waals surface area contributed by atoms with Crippen LogP contribution in [-0.2, 0) is 6.54 Å². The van der Waals surface area contributed by atoms with Gasteiger partial charge in [-0.1, -0.05) is 78.0 Å². The lowest BCUT2D eigenvalue weighted by Gasteiger charge is -2.37. The quantitative estimate of drug-likeness (QED) is 0.254. The number of allylic oxidation sites excluding steroid dienone is 1. The molecule has 1 aromatic heterocycles. The highest BCUT2D eigenvalue weighted by molar-refractivity contribution is 7.98. The zero-order valence-electron chi connectivity index (χ0n) is 18.9. The summed E-state index contributed by atoms with van der Waals surface area (Å²) in [5, 5.41) is 8.48. The van der Waals surface area contributed by atoms with Crippen molar-refractivity contribution in [2.45, 2.75) is 24.4 Å². The lowest BCUT2D eigenvalue weighted by atomic mass is 9.94. The molecule has 1 N–H and O–H groups in total. The number of nitrogens with zero attached hydrogens (tertiary/aromatic N) is 3. The van der Waals surface area contributed by atoms with Crippen LogP contribution in [0.25, 0.3) is 17.0 Å². The molecule has 0 radical (unpaired) electrons. The minimum absolute atomic E-state index is 0.195. The van der Waals surface area contributed by atoms with Crippen molar-refractivity contribution in [3.63, 3.8) is 0 Å². The lowest BCUT2D eigenvalue weighted by molar-refractivity contribution is 0.396. The van der Waals surface area contributed by atoms with Gasteiger partial charge in [-0.05, 0) is 48.7 Å². The van der Waals surface area contributed by atoms with E-state index in [1.165, 1.54) is 10.5 Å². The minimum atomic E-state index is -0.195. The summed E-state index contributed by atoms with van der Waals surface area (Å²) in [5.74, 6) is 1.05. The van der Waals surface area contributed by atoms with Gasteiger partial charge in [-0.3, -0.25) is 0 Å². The van der Waals surface area contributed by atoms with Crippen LogP contribution in [-0.4, -0.2) is 26.4 Å². The summed E-state index contributed by atoms with van der Waals surface area (Å²) >= 11 is 7.54. The van der Waals surface area contributed by atoms with Crippen molar-refractivity contribution < 1.29 is 4.52 Å². The highest BCUT2D eigenvalue weighted by Crippen LogP contribution is 2.38. The first-order valence-corrected chi connectivity index (χ1v) is 12.6. The largest absolute Gasteiger partial charge is 0.351 e. The van der Waals surface area contributed by atoms with Crippen LogP contribution >= 0.6 is 24.0 Å². The van der Waals surface area contributed by atoms with Crippen LogP contribution in [0.1, 0.15) is 30.0 Å². The van der Waals surface area contributed by atoms with Gasteiger partial charge in [0.1, 0.15) is 0 Å². The van der Waals surface area contributed by atoms with Gasteiger partial charge in [-0.25, -0.2) is 0 Å². The Hall–Kier alpha value is -3.42. The molecule has 1 unspecified atom stereocenters. The van der Waals surface area contributed by atoms with Crippen molar-refractivity contribution in [1.82, 2.24) is 20.4 Å². The fraction of sp³-hybridized carbons (Fsp3) is 0.148. The molecule has 0 amide bonds. The van der Waals surface area contributed by atoms with E-state index in [1.54, 1.807) is 11.8 Å². The molecule has 2 heterocycles. The molecule has 0 saturated heterocycles. The smallest absolute Gasteiger partial charge is 0.258 e. The number of hydrogen-bond donors (Lipinski definition) is 1. The van der Waals surface area contributed by atoms with E-state index in [4.69, 9.17) is 21.7 Å². The molecular weight excluding hydrogens is 460 g/mol. The van der Waals surface area contributed by atoms with Crippen molar-refractivity contribution in [3.05, 3.63) is 108 Å². The summed E-state index contributed by atoms with van der Waals surface area (Å²) in [6.07, 6.45) is 2.07. The topological polar surface area (TPSA) is 54.2 Å². The van der Waals surface area contributed by atoms with Crippen LogP contribution < -0.4 is 5.32 Å². The maximum atomic E-state index is 5.83. The molecule has 1 aliphatic heterocycles. The highest BCUT2D eigenvalue weighted by atomic mass is 32.2. The minimum Gasteiger partial charge on any atom is -0.351 e. The first kappa shape index (κ1) is 22.4. The number of nitrogens with one attached hydrogen (secondary N) is 1. The molecule has 4 aromatic rings. The van der Waals surface area contributed by atoms with E-state index >= 15 is 0 Å². The molecular formula is C27H24N4OS2. The fourth-order valence-electron chi connectivity index (χ4n) is 4.10. The Morgan fingerprint density at radius 1 is 0.971 bits per heavy atom. The second-order valence-electron chi connectivity index (χ2n) is 8.02. The van der Waals surface area contributed by atoms with Crippen molar-refractivity contribution in [1.29, 1.82) is 0 Å². The maximum Gasteiger partial charge on any atom is 0.258 e. The third kappa shape index (κ3) is 4.49. The predicted octanol–water partition coefficient (Wildman–Crippen LogP) is 6.32. The molecule has 5 rings (SSSR count). The SMILES string of the molecule is CSc1ccc(C2NC(=S)N(Cc3ccccc3)C(C)=C2c2nc(-c3ccccc3)no2)cc1. The van der Waals surface area contributed by atoms with Gasteiger partial charge in [-0.2, -0.15) is 4.98 Å².